The maximum absolute atomic E-state index is 13.0. The molecule has 0 saturated heterocycles. The Hall–Kier alpha value is -3.72. The van der Waals surface area contributed by atoms with E-state index in [9.17, 15) is 24.1 Å². The fraction of sp³-hybridized carbons (Fsp3) is 0.0909. The number of hydrogen-bond donors (Lipinski definition) is 2. The molecule has 158 valence electrons. The molecule has 7 nitrogen and oxygen atoms in total. The minimum atomic E-state index is -0.508. The number of carbonyl (C=O) groups excluding carboxylic acids is 2. The van der Waals surface area contributed by atoms with Gasteiger partial charge in [-0.15, -0.1) is 11.8 Å². The van der Waals surface area contributed by atoms with Gasteiger partial charge >= 0.3 is 0 Å². The summed E-state index contributed by atoms with van der Waals surface area (Å²) >= 11 is 1.30. The van der Waals surface area contributed by atoms with Crippen molar-refractivity contribution in [3.8, 4) is 0 Å². The Morgan fingerprint density at radius 1 is 0.968 bits per heavy atom. The Kier molecular flexibility index (Phi) is 6.99. The van der Waals surface area contributed by atoms with E-state index in [2.05, 4.69) is 10.6 Å². The molecular weight excluding hydrogens is 421 g/mol. The lowest BCUT2D eigenvalue weighted by atomic mass is 10.2. The number of benzene rings is 3. The van der Waals surface area contributed by atoms with Crippen LogP contribution < -0.4 is 10.6 Å². The predicted molar refractivity (Wildman–Crippen MR) is 118 cm³/mol. The summed E-state index contributed by atoms with van der Waals surface area (Å²) in [6, 6.07) is 17.8. The molecule has 1 atom stereocenters. The van der Waals surface area contributed by atoms with E-state index < -0.39 is 16.0 Å². The zero-order valence-electron chi connectivity index (χ0n) is 16.4. The number of nitrogens with one attached hydrogen (secondary N) is 2. The van der Waals surface area contributed by atoms with E-state index in [1.54, 1.807) is 25.1 Å². The first-order chi connectivity index (χ1) is 14.8. The smallest absolute Gasteiger partial charge is 0.269 e. The van der Waals surface area contributed by atoms with Crippen molar-refractivity contribution in [3.05, 3.63) is 94.3 Å². The maximum atomic E-state index is 13.0. The fourth-order valence-corrected chi connectivity index (χ4v) is 3.55. The van der Waals surface area contributed by atoms with Crippen LogP contribution in [0.3, 0.4) is 0 Å². The van der Waals surface area contributed by atoms with Crippen molar-refractivity contribution >= 4 is 40.6 Å². The number of thioether (sulfide) groups is 1. The first-order valence-corrected chi connectivity index (χ1v) is 10.1. The van der Waals surface area contributed by atoms with E-state index in [-0.39, 0.29) is 17.5 Å². The third-order valence-electron chi connectivity index (χ3n) is 4.23. The van der Waals surface area contributed by atoms with Gasteiger partial charge in [0, 0.05) is 34.0 Å². The van der Waals surface area contributed by atoms with Gasteiger partial charge in [-0.2, -0.15) is 0 Å². The second-order valence-corrected chi connectivity index (χ2v) is 7.96. The average molecular weight is 439 g/mol. The van der Waals surface area contributed by atoms with Gasteiger partial charge in [0.25, 0.3) is 11.6 Å². The van der Waals surface area contributed by atoms with Crippen LogP contribution in [0, 0.1) is 15.9 Å². The molecule has 3 rings (SSSR count). The highest BCUT2D eigenvalue weighted by molar-refractivity contribution is 8.00. The first kappa shape index (κ1) is 22.0. The van der Waals surface area contributed by atoms with Crippen molar-refractivity contribution in [2.24, 2.45) is 0 Å². The lowest BCUT2D eigenvalue weighted by Gasteiger charge is -2.13. The third-order valence-corrected chi connectivity index (χ3v) is 5.32. The summed E-state index contributed by atoms with van der Waals surface area (Å²) in [6.07, 6.45) is 0. The summed E-state index contributed by atoms with van der Waals surface area (Å²) in [7, 11) is 0. The quantitative estimate of drug-likeness (QED) is 0.303. The molecule has 0 heterocycles. The molecular formula is C22H18FN3O4S. The maximum Gasteiger partial charge on any atom is 0.269 e. The van der Waals surface area contributed by atoms with Crippen molar-refractivity contribution < 1.29 is 18.9 Å². The lowest BCUT2D eigenvalue weighted by Crippen LogP contribution is -2.22. The summed E-state index contributed by atoms with van der Waals surface area (Å²) in [4.78, 5) is 35.7. The zero-order valence-corrected chi connectivity index (χ0v) is 17.2. The highest BCUT2D eigenvalue weighted by atomic mass is 32.2. The summed E-state index contributed by atoms with van der Waals surface area (Å²) < 4.78 is 13.0. The van der Waals surface area contributed by atoms with Crippen LogP contribution in [0.15, 0.2) is 77.7 Å². The molecule has 1 unspecified atom stereocenters. The Bertz CT molecular complexity index is 1100. The van der Waals surface area contributed by atoms with Gasteiger partial charge in [0.05, 0.1) is 10.2 Å². The molecule has 3 aromatic carbocycles. The van der Waals surface area contributed by atoms with Crippen molar-refractivity contribution in [3.63, 3.8) is 0 Å². The van der Waals surface area contributed by atoms with Gasteiger partial charge in [-0.05, 0) is 61.5 Å². The molecule has 2 N–H and O–H groups in total. The monoisotopic (exact) mass is 439 g/mol. The number of amides is 2. The van der Waals surface area contributed by atoms with E-state index in [1.807, 2.05) is 6.07 Å². The lowest BCUT2D eigenvalue weighted by molar-refractivity contribution is -0.384. The number of non-ortho nitro benzene ring substituents is 1. The van der Waals surface area contributed by atoms with Crippen LogP contribution in [0.2, 0.25) is 0 Å². The molecule has 0 aromatic heterocycles. The van der Waals surface area contributed by atoms with Gasteiger partial charge in [0.2, 0.25) is 5.91 Å². The van der Waals surface area contributed by atoms with Gasteiger partial charge in [-0.1, -0.05) is 6.07 Å². The number of nitro benzene ring substituents is 1. The number of anilines is 2. The summed E-state index contributed by atoms with van der Waals surface area (Å²) in [5.41, 5.74) is 1.28. The molecule has 0 spiro atoms. The number of rotatable bonds is 7. The first-order valence-electron chi connectivity index (χ1n) is 9.21. The molecule has 0 radical (unpaired) electrons. The number of halogens is 1. The van der Waals surface area contributed by atoms with Gasteiger partial charge in [0.1, 0.15) is 5.82 Å². The molecule has 0 aliphatic rings. The highest BCUT2D eigenvalue weighted by Crippen LogP contribution is 2.27. The van der Waals surface area contributed by atoms with Crippen LogP contribution in [0.25, 0.3) is 0 Å². The Balaban J connectivity index is 1.60. The van der Waals surface area contributed by atoms with E-state index in [0.29, 0.717) is 16.9 Å². The number of carbonyl (C=O) groups is 2. The van der Waals surface area contributed by atoms with E-state index in [4.69, 9.17) is 0 Å². The Labute approximate surface area is 181 Å². The molecule has 31 heavy (non-hydrogen) atoms. The van der Waals surface area contributed by atoms with Crippen LogP contribution in [0.5, 0.6) is 0 Å². The second-order valence-electron chi connectivity index (χ2n) is 6.54. The van der Waals surface area contributed by atoms with Crippen molar-refractivity contribution in [2.45, 2.75) is 17.1 Å². The molecule has 2 amide bonds. The minimum Gasteiger partial charge on any atom is -0.325 e. The van der Waals surface area contributed by atoms with Gasteiger partial charge in [0.15, 0.2) is 0 Å². The number of hydrogen-bond acceptors (Lipinski definition) is 5. The van der Waals surface area contributed by atoms with Crippen molar-refractivity contribution in [1.29, 1.82) is 0 Å². The predicted octanol–water partition coefficient (Wildman–Crippen LogP) is 5.11. The SMILES string of the molecule is CC(Sc1cccc(NC(=O)c2ccc(F)cc2)c1)C(=O)Nc1ccc([N+](=O)[O-])cc1. The molecule has 0 bridgehead atoms. The van der Waals surface area contributed by atoms with Crippen molar-refractivity contribution in [2.75, 3.05) is 10.6 Å². The molecule has 0 fully saturated rings. The number of nitro groups is 1. The standard InChI is InChI=1S/C22H18FN3O4S/c1-14(21(27)24-17-9-11-19(12-10-17)26(29)30)31-20-4-2-3-18(13-20)25-22(28)15-5-7-16(23)8-6-15/h2-14H,1H3,(H,24,27)(H,25,28). The average Bonchev–Trinajstić information content (AvgIpc) is 2.74. The van der Waals surface area contributed by atoms with E-state index >= 15 is 0 Å². The number of nitrogens with zero attached hydrogens (tertiary/aromatic N) is 1. The topological polar surface area (TPSA) is 101 Å². The zero-order chi connectivity index (χ0) is 22.4. The minimum absolute atomic E-state index is 0.0556. The molecule has 0 aliphatic heterocycles. The van der Waals surface area contributed by atoms with Gasteiger partial charge in [-0.25, -0.2) is 4.39 Å². The van der Waals surface area contributed by atoms with E-state index in [0.717, 1.165) is 4.90 Å². The molecule has 3 aromatic rings. The molecule has 0 aliphatic carbocycles. The molecule has 9 heteroatoms. The largest absolute Gasteiger partial charge is 0.325 e. The Morgan fingerprint density at radius 3 is 2.29 bits per heavy atom. The van der Waals surface area contributed by atoms with Crippen LogP contribution >= 0.6 is 11.8 Å². The molecule has 0 saturated carbocycles. The summed E-state index contributed by atoms with van der Waals surface area (Å²) in [5.74, 6) is -1.05. The Morgan fingerprint density at radius 2 is 1.65 bits per heavy atom. The van der Waals surface area contributed by atoms with E-state index in [1.165, 1.54) is 60.3 Å². The highest BCUT2D eigenvalue weighted by Gasteiger charge is 2.16. The van der Waals surface area contributed by atoms with Crippen LogP contribution in [-0.2, 0) is 4.79 Å². The second kappa shape index (κ2) is 9.86. The fourth-order valence-electron chi connectivity index (χ4n) is 2.62. The normalized spacial score (nSPS) is 11.4. The van der Waals surface area contributed by atoms with Gasteiger partial charge in [-0.3, -0.25) is 19.7 Å². The summed E-state index contributed by atoms with van der Waals surface area (Å²) in [6.45, 7) is 1.73. The van der Waals surface area contributed by atoms with Crippen molar-refractivity contribution in [1.82, 2.24) is 0 Å². The van der Waals surface area contributed by atoms with Crippen LogP contribution in [0.1, 0.15) is 17.3 Å². The van der Waals surface area contributed by atoms with Crippen LogP contribution in [-0.4, -0.2) is 22.0 Å². The van der Waals surface area contributed by atoms with Crippen LogP contribution in [0.4, 0.5) is 21.5 Å². The third kappa shape index (κ3) is 6.13. The summed E-state index contributed by atoms with van der Waals surface area (Å²) in [5, 5.41) is 15.7. The van der Waals surface area contributed by atoms with Gasteiger partial charge < -0.3 is 10.6 Å².